The third kappa shape index (κ3) is 4.23. The highest BCUT2D eigenvalue weighted by Gasteiger charge is 2.32. The summed E-state index contributed by atoms with van der Waals surface area (Å²) in [5.41, 5.74) is -1.13. The number of alkyl halides is 3. The molecule has 23 heavy (non-hydrogen) atoms. The highest BCUT2D eigenvalue weighted by Crippen LogP contribution is 2.38. The molecule has 2 rings (SSSR count). The smallest absolute Gasteiger partial charge is 0.376 e. The maximum atomic E-state index is 12.7. The van der Waals surface area contributed by atoms with Crippen LogP contribution >= 0.6 is 34.8 Å². The Bertz CT molecular complexity index is 828. The minimum atomic E-state index is -4.69. The summed E-state index contributed by atoms with van der Waals surface area (Å²) in [4.78, 5) is -0.686. The molecular formula is C13H6Cl3F3O3S. The minimum absolute atomic E-state index is 0.142. The Hall–Kier alpha value is -1.15. The van der Waals surface area contributed by atoms with Gasteiger partial charge in [0.05, 0.1) is 15.6 Å². The fraction of sp³-hybridized carbons (Fsp3) is 0.0769. The van der Waals surface area contributed by atoms with E-state index in [1.54, 1.807) is 0 Å². The summed E-state index contributed by atoms with van der Waals surface area (Å²) in [6, 6.07) is 5.47. The van der Waals surface area contributed by atoms with Crippen LogP contribution in [0.25, 0.3) is 0 Å². The number of rotatable bonds is 3. The first kappa shape index (κ1) is 18.2. The summed E-state index contributed by atoms with van der Waals surface area (Å²) in [6.45, 7) is 0. The number of halogens is 6. The standard InChI is InChI=1S/C13H6Cl3F3O3S/c14-8-5-10(15)12(11(16)6-8)22-23(20,21)9-3-1-2-7(4-9)13(17,18)19/h1-6H. The molecule has 0 radical (unpaired) electrons. The van der Waals surface area contributed by atoms with Crippen molar-refractivity contribution < 1.29 is 25.8 Å². The lowest BCUT2D eigenvalue weighted by Crippen LogP contribution is -2.12. The number of hydrogen-bond donors (Lipinski definition) is 0. The maximum absolute atomic E-state index is 12.7. The van der Waals surface area contributed by atoms with Crippen LogP contribution in [0.1, 0.15) is 5.56 Å². The largest absolute Gasteiger partial charge is 0.416 e. The topological polar surface area (TPSA) is 43.4 Å². The Morgan fingerprint density at radius 3 is 2.04 bits per heavy atom. The van der Waals surface area contributed by atoms with Crippen LogP contribution in [0, 0.1) is 0 Å². The fourth-order valence-corrected chi connectivity index (χ4v) is 3.59. The molecule has 0 fully saturated rings. The summed E-state index contributed by atoms with van der Waals surface area (Å²) in [5.74, 6) is -0.421. The lowest BCUT2D eigenvalue weighted by atomic mass is 10.2. The van der Waals surface area contributed by atoms with E-state index in [2.05, 4.69) is 0 Å². The SMILES string of the molecule is O=S(=O)(Oc1c(Cl)cc(Cl)cc1Cl)c1cccc(C(F)(F)F)c1. The summed E-state index contributed by atoms with van der Waals surface area (Å²) in [5, 5.41) is -0.250. The zero-order valence-corrected chi connectivity index (χ0v) is 13.9. The predicted octanol–water partition coefficient (Wildman–Crippen LogP) is 5.43. The Labute approximate surface area is 144 Å². The van der Waals surface area contributed by atoms with Crippen molar-refractivity contribution in [2.75, 3.05) is 0 Å². The summed E-state index contributed by atoms with van der Waals surface area (Å²) < 4.78 is 67.0. The van der Waals surface area contributed by atoms with Crippen molar-refractivity contribution in [2.24, 2.45) is 0 Å². The van der Waals surface area contributed by atoms with E-state index in [4.69, 9.17) is 39.0 Å². The molecule has 124 valence electrons. The molecule has 0 aliphatic heterocycles. The van der Waals surface area contributed by atoms with Gasteiger partial charge in [0, 0.05) is 5.02 Å². The van der Waals surface area contributed by atoms with Gasteiger partial charge in [0.2, 0.25) is 0 Å². The second kappa shape index (κ2) is 6.39. The zero-order chi connectivity index (χ0) is 17.4. The third-order valence-corrected chi connectivity index (χ3v) is 4.60. The van der Waals surface area contributed by atoms with Gasteiger partial charge >= 0.3 is 16.3 Å². The van der Waals surface area contributed by atoms with Gasteiger partial charge in [0.1, 0.15) is 4.90 Å². The van der Waals surface area contributed by atoms with Crippen molar-refractivity contribution in [3.05, 3.63) is 57.0 Å². The summed E-state index contributed by atoms with van der Waals surface area (Å²) >= 11 is 17.3. The molecule has 10 heteroatoms. The van der Waals surface area contributed by atoms with Crippen LogP contribution in [0.3, 0.4) is 0 Å². The molecule has 0 saturated carbocycles. The van der Waals surface area contributed by atoms with E-state index in [1.165, 1.54) is 12.1 Å². The van der Waals surface area contributed by atoms with Crippen LogP contribution in [-0.4, -0.2) is 8.42 Å². The van der Waals surface area contributed by atoms with Crippen molar-refractivity contribution in [1.29, 1.82) is 0 Å². The lowest BCUT2D eigenvalue weighted by Gasteiger charge is -2.12. The first-order chi connectivity index (χ1) is 10.5. The molecule has 0 spiro atoms. The first-order valence-corrected chi connectivity index (χ1v) is 8.31. The average molecular weight is 406 g/mol. The van der Waals surface area contributed by atoms with Gasteiger partial charge in [0.15, 0.2) is 5.75 Å². The molecule has 0 amide bonds. The second-order valence-corrected chi connectivity index (χ2v) is 7.06. The molecule has 0 saturated heterocycles. The van der Waals surface area contributed by atoms with Gasteiger partial charge in [-0.25, -0.2) is 0 Å². The molecule has 0 unspecified atom stereocenters. The summed E-state index contributed by atoms with van der Waals surface area (Å²) in [6.07, 6.45) is -4.69. The van der Waals surface area contributed by atoms with Gasteiger partial charge in [-0.3, -0.25) is 0 Å². The van der Waals surface area contributed by atoms with E-state index < -0.39 is 32.5 Å². The van der Waals surface area contributed by atoms with E-state index in [0.717, 1.165) is 18.2 Å². The Kier molecular flexibility index (Phi) is 5.06. The number of benzene rings is 2. The van der Waals surface area contributed by atoms with E-state index in [0.29, 0.717) is 6.07 Å². The molecule has 2 aromatic carbocycles. The van der Waals surface area contributed by atoms with Crippen molar-refractivity contribution in [1.82, 2.24) is 0 Å². The van der Waals surface area contributed by atoms with Crippen LogP contribution in [0.4, 0.5) is 13.2 Å². The van der Waals surface area contributed by atoms with Gasteiger partial charge in [-0.05, 0) is 30.3 Å². The Morgan fingerprint density at radius 2 is 1.52 bits per heavy atom. The molecule has 0 bridgehead atoms. The molecule has 0 aliphatic rings. The molecule has 0 aliphatic carbocycles. The molecule has 3 nitrogen and oxygen atoms in total. The second-order valence-electron chi connectivity index (χ2n) is 4.26. The lowest BCUT2D eigenvalue weighted by molar-refractivity contribution is -0.137. The fourth-order valence-electron chi connectivity index (χ4n) is 1.59. The highest BCUT2D eigenvalue weighted by molar-refractivity contribution is 7.87. The van der Waals surface area contributed by atoms with Gasteiger partial charge in [-0.2, -0.15) is 21.6 Å². The predicted molar refractivity (Wildman–Crippen MR) is 80.7 cm³/mol. The van der Waals surface area contributed by atoms with Gasteiger partial charge in [-0.1, -0.05) is 40.9 Å². The van der Waals surface area contributed by atoms with Crippen LogP contribution in [0.15, 0.2) is 41.3 Å². The van der Waals surface area contributed by atoms with E-state index in [-0.39, 0.29) is 15.1 Å². The van der Waals surface area contributed by atoms with Gasteiger partial charge in [0.25, 0.3) is 0 Å². The monoisotopic (exact) mass is 404 g/mol. The van der Waals surface area contributed by atoms with Crippen LogP contribution < -0.4 is 4.18 Å². The molecule has 0 N–H and O–H groups in total. The minimum Gasteiger partial charge on any atom is -0.376 e. The van der Waals surface area contributed by atoms with Gasteiger partial charge < -0.3 is 4.18 Å². The molecule has 2 aromatic rings. The Balaban J connectivity index is 2.45. The van der Waals surface area contributed by atoms with Crippen molar-refractivity contribution in [3.8, 4) is 5.75 Å². The maximum Gasteiger partial charge on any atom is 0.416 e. The zero-order valence-electron chi connectivity index (χ0n) is 10.9. The first-order valence-electron chi connectivity index (χ1n) is 5.77. The quantitative estimate of drug-likeness (QED) is 0.639. The van der Waals surface area contributed by atoms with Gasteiger partial charge in [-0.15, -0.1) is 0 Å². The van der Waals surface area contributed by atoms with Crippen LogP contribution in [-0.2, 0) is 16.3 Å². The molecular weight excluding hydrogens is 400 g/mol. The molecule has 0 aromatic heterocycles. The Morgan fingerprint density at radius 1 is 0.957 bits per heavy atom. The average Bonchev–Trinajstić information content (AvgIpc) is 2.42. The normalized spacial score (nSPS) is 12.3. The van der Waals surface area contributed by atoms with E-state index >= 15 is 0 Å². The third-order valence-electron chi connectivity index (χ3n) is 2.61. The number of hydrogen-bond acceptors (Lipinski definition) is 3. The van der Waals surface area contributed by atoms with Crippen LogP contribution in [0.2, 0.25) is 15.1 Å². The van der Waals surface area contributed by atoms with Crippen molar-refractivity contribution in [2.45, 2.75) is 11.1 Å². The van der Waals surface area contributed by atoms with E-state index in [9.17, 15) is 21.6 Å². The molecule has 0 heterocycles. The highest BCUT2D eigenvalue weighted by atomic mass is 35.5. The van der Waals surface area contributed by atoms with Crippen LogP contribution in [0.5, 0.6) is 5.75 Å². The van der Waals surface area contributed by atoms with Crippen molar-refractivity contribution >= 4 is 44.9 Å². The van der Waals surface area contributed by atoms with Crippen molar-refractivity contribution in [3.63, 3.8) is 0 Å². The summed E-state index contributed by atoms with van der Waals surface area (Å²) in [7, 11) is -4.57. The molecule has 0 atom stereocenters. The van der Waals surface area contributed by atoms with E-state index in [1.807, 2.05) is 0 Å².